The van der Waals surface area contributed by atoms with Crippen LogP contribution in [-0.4, -0.2) is 16.2 Å². The number of anilines is 4. The monoisotopic (exact) mass is 1010 g/mol. The van der Waals surface area contributed by atoms with Gasteiger partial charge >= 0.3 is 0 Å². The Balaban J connectivity index is 1.05. The fourth-order valence-corrected chi connectivity index (χ4v) is 11.2. The summed E-state index contributed by atoms with van der Waals surface area (Å²) in [6.07, 6.45) is 1.95. The van der Waals surface area contributed by atoms with E-state index in [1.54, 1.807) is 0 Å². The van der Waals surface area contributed by atoms with Gasteiger partial charge < -0.3 is 14.5 Å². The molecule has 0 radical (unpaired) electrons. The van der Waals surface area contributed by atoms with E-state index in [1.165, 1.54) is 66.8 Å². The molecular weight excluding hydrogens is 937 g/mol. The molecule has 388 valence electrons. The third-order valence-electron chi connectivity index (χ3n) is 16.4. The summed E-state index contributed by atoms with van der Waals surface area (Å²) in [6, 6.07) is 71.5. The molecule has 5 nitrogen and oxygen atoms in total. The Morgan fingerprint density at radius 2 is 0.922 bits per heavy atom. The number of aromatic nitrogens is 2. The highest BCUT2D eigenvalue weighted by Crippen LogP contribution is 2.50. The first-order chi connectivity index (χ1) is 36.5. The highest BCUT2D eigenvalue weighted by molar-refractivity contribution is 6.10. The van der Waals surface area contributed by atoms with Crippen LogP contribution >= 0.6 is 0 Å². The van der Waals surface area contributed by atoms with Crippen molar-refractivity contribution in [3.63, 3.8) is 0 Å². The van der Waals surface area contributed by atoms with Crippen LogP contribution in [0, 0.1) is 0 Å². The van der Waals surface area contributed by atoms with Crippen molar-refractivity contribution in [3.05, 3.63) is 239 Å². The predicted molar refractivity (Wildman–Crippen MR) is 326 cm³/mol. The summed E-state index contributed by atoms with van der Waals surface area (Å²) in [4.78, 5) is 10.1. The highest BCUT2D eigenvalue weighted by Gasteiger charge is 2.34. The maximum atomic E-state index is 7.18. The van der Waals surface area contributed by atoms with E-state index in [9.17, 15) is 0 Å². The zero-order valence-electron chi connectivity index (χ0n) is 47.5. The van der Waals surface area contributed by atoms with Gasteiger partial charge in [0.15, 0.2) is 0 Å². The molecule has 5 heteroatoms. The zero-order chi connectivity index (χ0) is 54.2. The molecule has 1 aliphatic heterocycles. The van der Waals surface area contributed by atoms with Crippen LogP contribution in [0.2, 0.25) is 0 Å². The summed E-state index contributed by atoms with van der Waals surface area (Å²) in [6.45, 7) is 30.5. The van der Waals surface area contributed by atoms with Crippen molar-refractivity contribution in [3.8, 4) is 28.4 Å². The maximum Gasteiger partial charge on any atom is 0.137 e. The molecule has 0 unspecified atom stereocenters. The number of hydrogen-bond donors (Lipinski definition) is 0. The SMILES string of the molecule is CC(C)(C)c1cc(Oc2ccc3c4cc(C(C)(C)c5ccccc5)ccc4n(-c4cc(C(C)(C)C)ccn4)c3c2)cc(N2CN(c3cc(-c4ccccc4)cc(C(C)(C)C)c3)c3cc(C(C)(C)c4ccccc4)ccc32)c1. The Hall–Kier alpha value is -7.89. The van der Waals surface area contributed by atoms with Crippen molar-refractivity contribution in [1.82, 2.24) is 9.55 Å². The van der Waals surface area contributed by atoms with E-state index in [-0.39, 0.29) is 27.1 Å². The summed E-state index contributed by atoms with van der Waals surface area (Å²) in [5.41, 5.74) is 17.2. The number of ether oxygens (including phenoxy) is 1. The topological polar surface area (TPSA) is 33.5 Å². The number of nitrogens with zero attached hydrogens (tertiary/aromatic N) is 4. The van der Waals surface area contributed by atoms with Crippen LogP contribution in [0.4, 0.5) is 22.7 Å². The molecule has 11 rings (SSSR count). The summed E-state index contributed by atoms with van der Waals surface area (Å²) < 4.78 is 9.50. The number of benzene rings is 8. The molecule has 0 aliphatic carbocycles. The quantitative estimate of drug-likeness (QED) is 0.137. The van der Waals surface area contributed by atoms with Crippen LogP contribution in [0.15, 0.2) is 200 Å². The molecule has 0 amide bonds. The van der Waals surface area contributed by atoms with Crippen molar-refractivity contribution in [2.45, 2.75) is 117 Å². The Bertz CT molecular complexity index is 3810. The van der Waals surface area contributed by atoms with E-state index in [1.807, 2.05) is 6.20 Å². The van der Waals surface area contributed by atoms with E-state index in [0.717, 1.165) is 45.1 Å². The summed E-state index contributed by atoms with van der Waals surface area (Å²) >= 11 is 0. The first-order valence-corrected chi connectivity index (χ1v) is 27.4. The van der Waals surface area contributed by atoms with E-state index in [2.05, 4.69) is 298 Å². The molecule has 10 aromatic rings. The van der Waals surface area contributed by atoms with Gasteiger partial charge in [-0.15, -0.1) is 0 Å². The molecule has 0 bridgehead atoms. The second kappa shape index (κ2) is 19.0. The highest BCUT2D eigenvalue weighted by atomic mass is 16.5. The number of hydrogen-bond acceptors (Lipinski definition) is 4. The van der Waals surface area contributed by atoms with E-state index < -0.39 is 0 Å². The number of rotatable bonds is 10. The molecule has 2 aromatic heterocycles. The van der Waals surface area contributed by atoms with Gasteiger partial charge in [-0.1, -0.05) is 199 Å². The minimum atomic E-state index is -0.232. The van der Waals surface area contributed by atoms with Crippen molar-refractivity contribution < 1.29 is 4.74 Å². The molecular formula is C72H74N4O. The van der Waals surface area contributed by atoms with Gasteiger partial charge in [-0.2, -0.15) is 0 Å². The second-order valence-electron chi connectivity index (χ2n) is 25.5. The third kappa shape index (κ3) is 9.71. The van der Waals surface area contributed by atoms with E-state index >= 15 is 0 Å². The van der Waals surface area contributed by atoms with Crippen molar-refractivity contribution in [1.29, 1.82) is 0 Å². The van der Waals surface area contributed by atoms with Crippen LogP contribution < -0.4 is 14.5 Å². The molecule has 0 spiro atoms. The van der Waals surface area contributed by atoms with E-state index in [4.69, 9.17) is 9.72 Å². The van der Waals surface area contributed by atoms with Gasteiger partial charge in [0.2, 0.25) is 0 Å². The minimum absolute atomic E-state index is 0.0527. The van der Waals surface area contributed by atoms with Gasteiger partial charge in [0.05, 0.1) is 22.4 Å². The van der Waals surface area contributed by atoms with Crippen LogP contribution in [0.25, 0.3) is 38.8 Å². The number of fused-ring (bicyclic) bond motifs is 4. The second-order valence-corrected chi connectivity index (χ2v) is 25.5. The fraction of sp³-hybridized carbons (Fsp3) is 0.264. The lowest BCUT2D eigenvalue weighted by Crippen LogP contribution is -2.25. The summed E-state index contributed by atoms with van der Waals surface area (Å²) in [5, 5.41) is 2.34. The van der Waals surface area contributed by atoms with Crippen LogP contribution in [0.5, 0.6) is 11.5 Å². The van der Waals surface area contributed by atoms with Gasteiger partial charge in [0.1, 0.15) is 24.0 Å². The summed E-state index contributed by atoms with van der Waals surface area (Å²) in [5.74, 6) is 2.44. The molecule has 3 heterocycles. The molecule has 0 saturated heterocycles. The standard InChI is InChI=1S/C72H74N4O/c1-68(2,3)52-35-36-73-67(44-52)76-63-33-29-53(71(10,11)50-25-19-15-20-26-50)42-62(63)61-32-31-59(46-65(61)76)77-60-41-56(70(7,8)9)40-58(45-60)74-47-75(57-38-49(48-23-17-14-18-24-48)37-55(39-57)69(4,5)6)66-43-54(30-34-64(66)74)72(12,13)51-27-21-16-22-28-51/h14-46H,47H2,1-13H3. The van der Waals surface area contributed by atoms with Gasteiger partial charge in [-0.05, 0) is 139 Å². The van der Waals surface area contributed by atoms with E-state index in [0.29, 0.717) is 6.67 Å². The average Bonchev–Trinajstić information content (AvgIpc) is 4.04. The molecule has 1 aliphatic rings. The Labute approximate surface area is 457 Å². The molecule has 0 saturated carbocycles. The lowest BCUT2D eigenvalue weighted by atomic mass is 9.78. The molecule has 77 heavy (non-hydrogen) atoms. The molecule has 8 aromatic carbocycles. The largest absolute Gasteiger partial charge is 0.457 e. The first-order valence-electron chi connectivity index (χ1n) is 27.4. The van der Waals surface area contributed by atoms with Crippen LogP contribution in [0.3, 0.4) is 0 Å². The fourth-order valence-electron chi connectivity index (χ4n) is 11.2. The number of pyridine rings is 1. The van der Waals surface area contributed by atoms with Crippen LogP contribution in [-0.2, 0) is 27.1 Å². The van der Waals surface area contributed by atoms with Crippen molar-refractivity contribution in [2.75, 3.05) is 16.5 Å². The maximum absolute atomic E-state index is 7.18. The average molecular weight is 1010 g/mol. The molecule has 0 atom stereocenters. The Morgan fingerprint density at radius 1 is 0.364 bits per heavy atom. The predicted octanol–water partition coefficient (Wildman–Crippen LogP) is 19.4. The first kappa shape index (κ1) is 51.2. The third-order valence-corrected chi connectivity index (χ3v) is 16.4. The summed E-state index contributed by atoms with van der Waals surface area (Å²) in [7, 11) is 0. The van der Waals surface area contributed by atoms with Gasteiger partial charge in [-0.3, -0.25) is 4.57 Å². The van der Waals surface area contributed by atoms with Gasteiger partial charge in [0.25, 0.3) is 0 Å². The molecule has 0 N–H and O–H groups in total. The Kier molecular flexibility index (Phi) is 12.6. The Morgan fingerprint density at radius 3 is 1.55 bits per heavy atom. The van der Waals surface area contributed by atoms with Gasteiger partial charge in [0, 0.05) is 51.3 Å². The lowest BCUT2D eigenvalue weighted by molar-refractivity contribution is 0.479. The zero-order valence-corrected chi connectivity index (χ0v) is 47.5. The normalized spacial score (nSPS) is 13.4. The minimum Gasteiger partial charge on any atom is -0.457 e. The lowest BCUT2D eigenvalue weighted by Gasteiger charge is -2.28. The van der Waals surface area contributed by atoms with Crippen LogP contribution in [0.1, 0.15) is 129 Å². The molecule has 0 fully saturated rings. The van der Waals surface area contributed by atoms with Gasteiger partial charge in [-0.25, -0.2) is 4.98 Å². The smallest absolute Gasteiger partial charge is 0.137 e. The van der Waals surface area contributed by atoms with Crippen molar-refractivity contribution in [2.24, 2.45) is 0 Å². The van der Waals surface area contributed by atoms with Crippen molar-refractivity contribution >= 4 is 44.6 Å².